The van der Waals surface area contributed by atoms with Crippen LogP contribution in [-0.4, -0.2) is 88.7 Å². The van der Waals surface area contributed by atoms with Crippen LogP contribution in [0.25, 0.3) is 11.2 Å². The highest BCUT2D eigenvalue weighted by atomic mass is 32.2. The molecular weight excluding hydrogens is 557 g/mol. The number of nitrogens with one attached hydrogen (secondary N) is 2. The number of piperazine rings is 1. The van der Waals surface area contributed by atoms with Gasteiger partial charge in [0, 0.05) is 56.3 Å². The van der Waals surface area contributed by atoms with Gasteiger partial charge in [-0.1, -0.05) is 0 Å². The van der Waals surface area contributed by atoms with Crippen molar-refractivity contribution in [1.29, 1.82) is 0 Å². The van der Waals surface area contributed by atoms with Crippen LogP contribution < -0.4 is 15.5 Å². The monoisotopic (exact) mass is 591 g/mol. The minimum atomic E-state index is -3.30. The number of imidazole rings is 1. The molecule has 220 valence electrons. The molecule has 42 heavy (non-hydrogen) atoms. The Hall–Kier alpha value is -3.81. The molecule has 0 spiro atoms. The minimum absolute atomic E-state index is 0.169. The van der Waals surface area contributed by atoms with Crippen molar-refractivity contribution in [2.24, 2.45) is 0 Å². The Balaban J connectivity index is 1.17. The zero-order valence-electron chi connectivity index (χ0n) is 23.4. The fourth-order valence-corrected chi connectivity index (χ4v) is 7.62. The van der Waals surface area contributed by atoms with Crippen molar-refractivity contribution < 1.29 is 12.8 Å². The van der Waals surface area contributed by atoms with E-state index in [9.17, 15) is 12.8 Å². The van der Waals surface area contributed by atoms with Crippen LogP contribution in [0.2, 0.25) is 0 Å². The fourth-order valence-electron chi connectivity index (χ4n) is 5.73. The lowest BCUT2D eigenvalue weighted by Gasteiger charge is -2.34. The summed E-state index contributed by atoms with van der Waals surface area (Å²) in [4.78, 5) is 18.8. The van der Waals surface area contributed by atoms with Gasteiger partial charge in [-0.25, -0.2) is 22.8 Å². The van der Waals surface area contributed by atoms with Gasteiger partial charge in [-0.3, -0.25) is 4.57 Å². The second-order valence-electron chi connectivity index (χ2n) is 11.3. The zero-order valence-corrected chi connectivity index (χ0v) is 24.3. The van der Waals surface area contributed by atoms with Gasteiger partial charge in [-0.15, -0.1) is 0 Å². The first-order valence-electron chi connectivity index (χ1n) is 14.4. The van der Waals surface area contributed by atoms with E-state index in [1.165, 1.54) is 17.8 Å². The van der Waals surface area contributed by atoms with Crippen molar-refractivity contribution >= 4 is 50.1 Å². The Morgan fingerprint density at radius 1 is 0.857 bits per heavy atom. The highest BCUT2D eigenvalue weighted by molar-refractivity contribution is 7.90. The number of nitrogens with zero attached hydrogens (tertiary/aromatic N) is 7. The largest absolute Gasteiger partial charge is 0.369 e. The number of halogens is 1. The zero-order chi connectivity index (χ0) is 28.8. The van der Waals surface area contributed by atoms with Crippen molar-refractivity contribution in [3.8, 4) is 0 Å². The summed E-state index contributed by atoms with van der Waals surface area (Å²) in [7, 11) is -1.15. The van der Waals surface area contributed by atoms with Gasteiger partial charge in [0.1, 0.15) is 11.3 Å². The number of rotatable bonds is 8. The van der Waals surface area contributed by atoms with Crippen LogP contribution in [-0.2, 0) is 10.0 Å². The van der Waals surface area contributed by atoms with Gasteiger partial charge in [0.2, 0.25) is 21.9 Å². The van der Waals surface area contributed by atoms with Gasteiger partial charge in [0.25, 0.3) is 0 Å². The summed E-state index contributed by atoms with van der Waals surface area (Å²) in [5.74, 6) is 0.601. The molecule has 0 bridgehead atoms. The third-order valence-corrected chi connectivity index (χ3v) is 10.7. The van der Waals surface area contributed by atoms with Crippen LogP contribution in [0, 0.1) is 5.82 Å². The SMILES string of the molecule is CN1CCN(c2ccc(Nc3ncc4nc(Nc5ccc(F)cc5)n([C@H]5CCN(S(=O)(=O)C6CC6)C5)c4n3)cc2)CC1. The van der Waals surface area contributed by atoms with Crippen LogP contribution in [0.5, 0.6) is 0 Å². The first kappa shape index (κ1) is 27.0. The number of sulfonamides is 1. The molecule has 0 unspecified atom stereocenters. The van der Waals surface area contributed by atoms with Crippen molar-refractivity contribution in [2.75, 3.05) is 61.8 Å². The standard InChI is InChI=1S/C29H34FN9O2S/c1-36-14-16-37(17-15-36)23-8-6-21(7-9-23)32-28-31-18-26-27(35-28)39(29(34-26)33-22-4-2-20(30)3-5-22)24-12-13-38(19-24)42(40,41)25-10-11-25/h2-9,18,24-25H,10-17,19H2,1H3,(H,33,34)(H,31,32,35)/t24-/m0/s1. The van der Waals surface area contributed by atoms with E-state index in [1.807, 2.05) is 16.7 Å². The Kier molecular flexibility index (Phi) is 6.95. The van der Waals surface area contributed by atoms with Crippen molar-refractivity contribution in [2.45, 2.75) is 30.6 Å². The molecule has 3 fully saturated rings. The van der Waals surface area contributed by atoms with Crippen molar-refractivity contribution in [1.82, 2.24) is 28.7 Å². The van der Waals surface area contributed by atoms with Crippen LogP contribution >= 0.6 is 0 Å². The van der Waals surface area contributed by atoms with Gasteiger partial charge in [0.15, 0.2) is 5.65 Å². The van der Waals surface area contributed by atoms with Crippen molar-refractivity contribution in [3.63, 3.8) is 0 Å². The lowest BCUT2D eigenvalue weighted by atomic mass is 10.2. The second kappa shape index (κ2) is 10.8. The summed E-state index contributed by atoms with van der Waals surface area (Å²) in [5, 5.41) is 6.34. The van der Waals surface area contributed by atoms with E-state index in [-0.39, 0.29) is 17.1 Å². The highest BCUT2D eigenvalue weighted by Crippen LogP contribution is 2.37. The Morgan fingerprint density at radius 2 is 1.55 bits per heavy atom. The quantitative estimate of drug-likeness (QED) is 0.315. The lowest BCUT2D eigenvalue weighted by Crippen LogP contribution is -2.44. The molecule has 1 aliphatic carbocycles. The van der Waals surface area contributed by atoms with Crippen LogP contribution in [0.1, 0.15) is 25.3 Å². The number of aromatic nitrogens is 4. The molecule has 2 aliphatic heterocycles. The van der Waals surface area contributed by atoms with E-state index in [0.717, 1.165) is 44.7 Å². The molecule has 0 radical (unpaired) electrons. The Morgan fingerprint density at radius 3 is 2.26 bits per heavy atom. The summed E-state index contributed by atoms with van der Waals surface area (Å²) in [6.45, 7) is 4.90. The maximum Gasteiger partial charge on any atom is 0.229 e. The molecule has 13 heteroatoms. The number of anilines is 5. The molecule has 3 aliphatic rings. The summed E-state index contributed by atoms with van der Waals surface area (Å²) in [6.07, 6.45) is 3.76. The summed E-state index contributed by atoms with van der Waals surface area (Å²) < 4.78 is 43.1. The molecule has 1 saturated carbocycles. The van der Waals surface area contributed by atoms with Crippen LogP contribution in [0.4, 0.5) is 33.3 Å². The normalized spacial score (nSPS) is 20.3. The molecule has 11 nitrogen and oxygen atoms in total. The summed E-state index contributed by atoms with van der Waals surface area (Å²) in [6, 6.07) is 14.1. The maximum absolute atomic E-state index is 13.6. The Labute approximate surface area is 244 Å². The van der Waals surface area contributed by atoms with Gasteiger partial charge in [0.05, 0.1) is 17.5 Å². The molecule has 7 rings (SSSR count). The van der Waals surface area contributed by atoms with Crippen molar-refractivity contribution in [3.05, 3.63) is 60.5 Å². The first-order valence-corrected chi connectivity index (χ1v) is 15.9. The third kappa shape index (κ3) is 5.39. The number of hydrogen-bond donors (Lipinski definition) is 2. The number of hydrogen-bond acceptors (Lipinski definition) is 9. The Bertz CT molecular complexity index is 1680. The number of fused-ring (bicyclic) bond motifs is 1. The average Bonchev–Trinajstić information content (AvgIpc) is 3.65. The molecule has 2 saturated heterocycles. The van der Waals surface area contributed by atoms with E-state index < -0.39 is 10.0 Å². The predicted octanol–water partition coefficient (Wildman–Crippen LogP) is 3.94. The molecule has 2 aromatic heterocycles. The maximum atomic E-state index is 13.6. The summed E-state index contributed by atoms with van der Waals surface area (Å²) in [5.41, 5.74) is 3.90. The third-order valence-electron chi connectivity index (χ3n) is 8.32. The lowest BCUT2D eigenvalue weighted by molar-refractivity contribution is 0.313. The van der Waals surface area contributed by atoms with E-state index in [1.54, 1.807) is 22.6 Å². The molecule has 4 aromatic rings. The van der Waals surface area contributed by atoms with Crippen LogP contribution in [0.3, 0.4) is 0 Å². The number of likely N-dealkylation sites (N-methyl/N-ethyl adjacent to an activating group) is 1. The summed E-state index contributed by atoms with van der Waals surface area (Å²) >= 11 is 0. The van der Waals surface area contributed by atoms with E-state index in [0.29, 0.717) is 48.3 Å². The number of benzene rings is 2. The fraction of sp³-hybridized carbons (Fsp3) is 0.414. The molecule has 0 amide bonds. The molecule has 1 atom stereocenters. The van der Waals surface area contributed by atoms with Gasteiger partial charge in [-0.2, -0.15) is 9.29 Å². The van der Waals surface area contributed by atoms with E-state index >= 15 is 0 Å². The van der Waals surface area contributed by atoms with Gasteiger partial charge in [-0.05, 0) is 74.8 Å². The average molecular weight is 592 g/mol. The molecule has 2 N–H and O–H groups in total. The highest BCUT2D eigenvalue weighted by Gasteiger charge is 2.43. The molecular formula is C29H34FN9O2S. The van der Waals surface area contributed by atoms with Gasteiger partial charge < -0.3 is 20.4 Å². The van der Waals surface area contributed by atoms with Crippen LogP contribution in [0.15, 0.2) is 54.7 Å². The molecule has 2 aromatic carbocycles. The second-order valence-corrected chi connectivity index (χ2v) is 13.6. The van der Waals surface area contributed by atoms with E-state index in [2.05, 4.69) is 44.6 Å². The predicted molar refractivity (Wildman–Crippen MR) is 162 cm³/mol. The van der Waals surface area contributed by atoms with E-state index in [4.69, 9.17) is 9.97 Å². The molecule has 4 heterocycles. The minimum Gasteiger partial charge on any atom is -0.369 e. The topological polar surface area (TPSA) is 112 Å². The van der Waals surface area contributed by atoms with Gasteiger partial charge >= 0.3 is 0 Å². The first-order chi connectivity index (χ1) is 20.3. The smallest absolute Gasteiger partial charge is 0.229 e.